The number of benzene rings is 1. The fourth-order valence-electron chi connectivity index (χ4n) is 3.30. The van der Waals surface area contributed by atoms with Gasteiger partial charge in [-0.15, -0.1) is 0 Å². The number of carbonyl (C=O) groups excluding carboxylic acids is 2. The minimum Gasteiger partial charge on any atom is -0.464 e. The molecule has 1 saturated heterocycles. The molecule has 1 fully saturated rings. The molecule has 0 aliphatic carbocycles. The average Bonchev–Trinajstić information content (AvgIpc) is 2.95. The van der Waals surface area contributed by atoms with E-state index in [1.165, 1.54) is 0 Å². The molecule has 5 nitrogen and oxygen atoms in total. The quantitative estimate of drug-likeness (QED) is 0.541. The van der Waals surface area contributed by atoms with E-state index in [0.29, 0.717) is 28.6 Å². The van der Waals surface area contributed by atoms with Crippen LogP contribution in [0.3, 0.4) is 0 Å². The number of likely N-dealkylation sites (tertiary alicyclic amines) is 1. The number of halogens is 2. The van der Waals surface area contributed by atoms with Gasteiger partial charge in [0.05, 0.1) is 13.2 Å². The zero-order valence-electron chi connectivity index (χ0n) is 16.0. The first-order valence-electron chi connectivity index (χ1n) is 8.90. The lowest BCUT2D eigenvalue weighted by Gasteiger charge is -2.36. The molecule has 146 valence electrons. The van der Waals surface area contributed by atoms with Gasteiger partial charge in [-0.25, -0.2) is 9.59 Å². The molecule has 1 aliphatic heterocycles. The van der Waals surface area contributed by atoms with Crippen LogP contribution >= 0.6 is 23.2 Å². The summed E-state index contributed by atoms with van der Waals surface area (Å²) in [5, 5.41) is 0.911. The zero-order valence-corrected chi connectivity index (χ0v) is 17.5. The number of likely N-dealkylation sites (N-methyl/N-ethyl adjacent to an activating group) is 1. The van der Waals surface area contributed by atoms with Gasteiger partial charge >= 0.3 is 11.9 Å². The minimum absolute atomic E-state index is 0.175. The van der Waals surface area contributed by atoms with Gasteiger partial charge in [-0.2, -0.15) is 0 Å². The second-order valence-corrected chi connectivity index (χ2v) is 6.48. The van der Waals surface area contributed by atoms with Crippen molar-refractivity contribution in [3.05, 3.63) is 33.8 Å². The molecule has 1 aliphatic rings. The van der Waals surface area contributed by atoms with E-state index in [9.17, 15) is 9.59 Å². The lowest BCUT2D eigenvalue weighted by molar-refractivity contribution is -0.172. The average molecular weight is 404 g/mol. The van der Waals surface area contributed by atoms with Crippen molar-refractivity contribution >= 4 is 35.1 Å². The number of hydrogen-bond acceptors (Lipinski definition) is 5. The molecule has 0 amide bonds. The molecule has 1 heterocycles. The van der Waals surface area contributed by atoms with Crippen molar-refractivity contribution in [3.63, 3.8) is 0 Å². The van der Waals surface area contributed by atoms with Crippen LogP contribution in [0, 0.1) is 0 Å². The zero-order chi connectivity index (χ0) is 19.9. The maximum Gasteiger partial charge on any atom is 0.338 e. The van der Waals surface area contributed by atoms with Crippen molar-refractivity contribution in [2.75, 3.05) is 26.8 Å². The Balaban J connectivity index is 0.00000163. The highest BCUT2D eigenvalue weighted by Crippen LogP contribution is 2.45. The van der Waals surface area contributed by atoms with Crippen LogP contribution in [0.4, 0.5) is 0 Å². The van der Waals surface area contributed by atoms with Crippen LogP contribution < -0.4 is 0 Å². The van der Waals surface area contributed by atoms with Gasteiger partial charge in [0.25, 0.3) is 0 Å². The summed E-state index contributed by atoms with van der Waals surface area (Å²) in [6.45, 7) is 8.30. The van der Waals surface area contributed by atoms with Crippen molar-refractivity contribution in [3.8, 4) is 0 Å². The molecule has 0 N–H and O–H groups in total. The van der Waals surface area contributed by atoms with Crippen LogP contribution in [0.5, 0.6) is 0 Å². The number of hydrogen-bond donors (Lipinski definition) is 0. The molecule has 1 aromatic rings. The molecular formula is C19H27Cl2NO4. The van der Waals surface area contributed by atoms with Crippen molar-refractivity contribution < 1.29 is 19.1 Å². The maximum atomic E-state index is 12.8. The van der Waals surface area contributed by atoms with E-state index >= 15 is 0 Å². The highest BCUT2D eigenvalue weighted by Gasteiger charge is 2.62. The molecule has 2 rings (SSSR count). The van der Waals surface area contributed by atoms with Crippen molar-refractivity contribution in [2.24, 2.45) is 0 Å². The molecule has 1 aromatic carbocycles. The van der Waals surface area contributed by atoms with Gasteiger partial charge in [0.1, 0.15) is 0 Å². The standard InChI is InChI=1S/C17H21Cl2NO4.C2H6/c1-4-23-15(21)17(16(22)24-5-2)13(8-9-20(17)3)12-7-6-11(18)10-14(12)19;1-2/h6-7,10,13H,4-5,8-9H2,1-3H3;1-2H3. The molecule has 1 atom stereocenters. The first-order chi connectivity index (χ1) is 12.4. The van der Waals surface area contributed by atoms with Crippen LogP contribution in [-0.2, 0) is 19.1 Å². The van der Waals surface area contributed by atoms with Crippen LogP contribution in [0.2, 0.25) is 10.0 Å². The Hall–Kier alpha value is -1.30. The maximum absolute atomic E-state index is 12.8. The predicted molar refractivity (Wildman–Crippen MR) is 104 cm³/mol. The normalized spacial score (nSPS) is 18.7. The Bertz CT molecular complexity index is 618. The summed E-state index contributed by atoms with van der Waals surface area (Å²) in [6, 6.07) is 5.06. The molecule has 0 radical (unpaired) electrons. The first kappa shape index (κ1) is 22.7. The monoisotopic (exact) mass is 403 g/mol. The van der Waals surface area contributed by atoms with Crippen molar-refractivity contribution in [2.45, 2.75) is 45.6 Å². The van der Waals surface area contributed by atoms with E-state index in [1.807, 2.05) is 13.8 Å². The third-order valence-electron chi connectivity index (χ3n) is 4.37. The third kappa shape index (κ3) is 4.16. The minimum atomic E-state index is -1.54. The van der Waals surface area contributed by atoms with E-state index in [2.05, 4.69) is 0 Å². The SMILES string of the molecule is CC.CCOC(=O)C1(C(=O)OCC)C(c2ccc(Cl)cc2Cl)CCN1C. The van der Waals surface area contributed by atoms with Gasteiger partial charge in [0.15, 0.2) is 0 Å². The summed E-state index contributed by atoms with van der Waals surface area (Å²) in [4.78, 5) is 27.3. The predicted octanol–water partition coefficient (Wildman–Crippen LogP) is 4.30. The summed E-state index contributed by atoms with van der Waals surface area (Å²) in [7, 11) is 1.72. The molecular weight excluding hydrogens is 377 g/mol. The van der Waals surface area contributed by atoms with Crippen LogP contribution in [-0.4, -0.2) is 49.2 Å². The Labute approximate surface area is 165 Å². The first-order valence-corrected chi connectivity index (χ1v) is 9.65. The highest BCUT2D eigenvalue weighted by atomic mass is 35.5. The summed E-state index contributed by atoms with van der Waals surface area (Å²) in [5.41, 5.74) is -0.852. The van der Waals surface area contributed by atoms with Gasteiger partial charge < -0.3 is 9.47 Å². The Morgan fingerprint density at radius 2 is 1.69 bits per heavy atom. The van der Waals surface area contributed by atoms with E-state index in [0.717, 1.165) is 0 Å². The van der Waals surface area contributed by atoms with Crippen molar-refractivity contribution in [1.82, 2.24) is 4.90 Å². The number of ether oxygens (including phenoxy) is 2. The van der Waals surface area contributed by atoms with E-state index in [-0.39, 0.29) is 13.2 Å². The molecule has 0 saturated carbocycles. The fourth-order valence-corrected chi connectivity index (χ4v) is 3.84. The van der Waals surface area contributed by atoms with Gasteiger partial charge in [-0.05, 0) is 45.0 Å². The fraction of sp³-hybridized carbons (Fsp3) is 0.579. The van der Waals surface area contributed by atoms with Crippen LogP contribution in [0.15, 0.2) is 18.2 Å². The summed E-state index contributed by atoms with van der Waals surface area (Å²) >= 11 is 12.3. The number of carbonyl (C=O) groups is 2. The smallest absolute Gasteiger partial charge is 0.338 e. The van der Waals surface area contributed by atoms with Gasteiger partial charge in [0.2, 0.25) is 5.54 Å². The summed E-state index contributed by atoms with van der Waals surface area (Å²) < 4.78 is 10.5. The molecule has 0 spiro atoms. The molecule has 1 unspecified atom stereocenters. The summed E-state index contributed by atoms with van der Waals surface area (Å²) in [6.07, 6.45) is 0.579. The second-order valence-electron chi connectivity index (χ2n) is 5.64. The lowest BCUT2D eigenvalue weighted by Crippen LogP contribution is -2.59. The highest BCUT2D eigenvalue weighted by molar-refractivity contribution is 6.35. The van der Waals surface area contributed by atoms with Gasteiger partial charge in [0, 0.05) is 22.5 Å². The molecule has 0 bridgehead atoms. The summed E-state index contributed by atoms with van der Waals surface area (Å²) in [5.74, 6) is -1.69. The lowest BCUT2D eigenvalue weighted by atomic mass is 9.79. The topological polar surface area (TPSA) is 55.8 Å². The Morgan fingerprint density at radius 1 is 1.15 bits per heavy atom. The number of esters is 2. The molecule has 0 aromatic heterocycles. The van der Waals surface area contributed by atoms with E-state index < -0.39 is 23.4 Å². The van der Waals surface area contributed by atoms with E-state index in [1.54, 1.807) is 44.0 Å². The number of nitrogens with zero attached hydrogens (tertiary/aromatic N) is 1. The van der Waals surface area contributed by atoms with E-state index in [4.69, 9.17) is 32.7 Å². The molecule has 26 heavy (non-hydrogen) atoms. The Kier molecular flexibility index (Phi) is 8.87. The second kappa shape index (κ2) is 10.1. The largest absolute Gasteiger partial charge is 0.464 e. The van der Waals surface area contributed by atoms with Crippen LogP contribution in [0.1, 0.15) is 45.6 Å². The third-order valence-corrected chi connectivity index (χ3v) is 4.93. The van der Waals surface area contributed by atoms with Crippen LogP contribution in [0.25, 0.3) is 0 Å². The van der Waals surface area contributed by atoms with Crippen molar-refractivity contribution in [1.29, 1.82) is 0 Å². The number of rotatable bonds is 5. The molecule has 7 heteroatoms. The Morgan fingerprint density at radius 3 is 2.15 bits per heavy atom. The van der Waals surface area contributed by atoms with Gasteiger partial charge in [-0.3, -0.25) is 4.90 Å². The van der Waals surface area contributed by atoms with Gasteiger partial charge in [-0.1, -0.05) is 43.1 Å².